The van der Waals surface area contributed by atoms with E-state index in [0.29, 0.717) is 151 Å². The Bertz CT molecular complexity index is 4450. The molecule has 0 bridgehead atoms. The van der Waals surface area contributed by atoms with Crippen LogP contribution < -0.4 is 0 Å². The van der Waals surface area contributed by atoms with Crippen LogP contribution in [-0.4, -0.2) is 99.4 Å². The topological polar surface area (TPSA) is 224 Å². The first-order chi connectivity index (χ1) is 68.1. The van der Waals surface area contributed by atoms with Crippen LogP contribution in [0.2, 0.25) is 0 Å². The molecule has 24 saturated carbocycles. The number of aliphatic hydroxyl groups is 6. The van der Waals surface area contributed by atoms with E-state index in [1.165, 1.54) is 167 Å². The molecule has 48 atom stereocenters. The van der Waals surface area contributed by atoms with Crippen molar-refractivity contribution in [3.8, 4) is 0 Å². The van der Waals surface area contributed by atoms with Gasteiger partial charge in [0.25, 0.3) is 0 Å². The van der Waals surface area contributed by atoms with Gasteiger partial charge >= 0.3 is 0 Å². The van der Waals surface area contributed by atoms with E-state index in [4.69, 9.17) is 5.48 Å². The molecule has 0 amide bonds. The lowest BCUT2D eigenvalue weighted by Gasteiger charge is -2.61. The van der Waals surface area contributed by atoms with E-state index in [1.807, 2.05) is 48.5 Å². The summed E-state index contributed by atoms with van der Waals surface area (Å²) in [4.78, 5) is 73.6. The highest BCUT2D eigenvalue weighted by Crippen LogP contribution is 2.77. The molecule has 6 N–H and O–H groups in total. The molecule has 24 fully saturated rings. The molecule has 0 unspecified atom stereocenters. The quantitative estimate of drug-likeness (QED) is 0.146. The maximum absolute atomic E-state index is 12.3. The van der Waals surface area contributed by atoms with Gasteiger partial charge in [-0.2, -0.15) is 0 Å². The Balaban J connectivity index is 0.000000111. The zero-order valence-electron chi connectivity index (χ0n) is 99.4. The standard InChI is InChI=1S/5C22H36O2.C21H34O2/c5*1-14(23)17-7-8-18-16-6-5-15-13-20(2,24)11-12-21(15,3)19(16)9-10-22(17,18)4;1-13(22)17-6-7-18-16-5-4-14-12-15(23)8-10-20(14,2)19(16)9-11-21(17,18)3/h5*15-19,24H,5-13H2,1-4H3;14-19,23H,4-12H2,1-3H3/t3*15-,16-,17+,18-,19-,20+,21-,22+;2*15-,16-,17+,18-,19-,20-,21-,22+;14-,15-,16-,17+,18-,19-,20-,21+/m000000/s1/i2*17D;;17D;;15D. The van der Waals surface area contributed by atoms with Crippen LogP contribution in [0.3, 0.4) is 0 Å². The third-order valence-electron chi connectivity index (χ3n) is 55.4. The number of rotatable bonds is 6. The summed E-state index contributed by atoms with van der Waals surface area (Å²) >= 11 is 0. The van der Waals surface area contributed by atoms with Crippen molar-refractivity contribution < 1.29 is 64.9 Å². The molecule has 0 aromatic carbocycles. The first-order valence-corrected chi connectivity index (χ1v) is 61.5. The van der Waals surface area contributed by atoms with E-state index in [9.17, 15) is 59.4 Å². The fourth-order valence-electron chi connectivity index (χ4n) is 47.4. The first kappa shape index (κ1) is 104. The summed E-state index contributed by atoms with van der Waals surface area (Å²) in [5.74, 6) is 16.8. The Morgan fingerprint density at radius 1 is 0.189 bits per heavy atom. The van der Waals surface area contributed by atoms with Crippen LogP contribution in [0.1, 0.15) is 511 Å². The van der Waals surface area contributed by atoms with Gasteiger partial charge in [-0.05, 0) is 630 Å². The summed E-state index contributed by atoms with van der Waals surface area (Å²) < 4.78 is 35.0. The minimum absolute atomic E-state index is 0.0876. The van der Waals surface area contributed by atoms with Crippen molar-refractivity contribution in [3.63, 3.8) is 0 Å². The van der Waals surface area contributed by atoms with Crippen LogP contribution in [0, 0.1) is 242 Å². The van der Waals surface area contributed by atoms with Gasteiger partial charge in [0.1, 0.15) is 34.7 Å². The van der Waals surface area contributed by atoms with E-state index in [-0.39, 0.29) is 49.8 Å². The molecule has 0 radical (unpaired) electrons. The lowest BCUT2D eigenvalue weighted by Crippen LogP contribution is -2.55. The predicted molar refractivity (Wildman–Crippen MR) is 575 cm³/mol. The van der Waals surface area contributed by atoms with Gasteiger partial charge in [-0.1, -0.05) is 83.1 Å². The highest BCUT2D eigenvalue weighted by Gasteiger charge is 2.71. The van der Waals surface area contributed by atoms with Crippen molar-refractivity contribution in [1.29, 1.82) is 0 Å². The smallest absolute Gasteiger partial charge is 0.133 e. The van der Waals surface area contributed by atoms with Crippen LogP contribution >= 0.6 is 0 Å². The number of carbonyl (C=O) groups excluding carboxylic acids is 6. The maximum atomic E-state index is 12.3. The second-order valence-electron chi connectivity index (χ2n) is 62.2. The van der Waals surface area contributed by atoms with Crippen LogP contribution in [0.5, 0.6) is 0 Å². The van der Waals surface area contributed by atoms with Gasteiger partial charge in [0.05, 0.1) is 35.5 Å². The number of carbonyl (C=O) groups is 6. The summed E-state index contributed by atoms with van der Waals surface area (Å²) in [6.07, 6.45) is 58.7. The molecule has 0 aromatic rings. The fraction of sp³-hybridized carbons (Fsp3) is 0.954. The highest BCUT2D eigenvalue weighted by atomic mass is 16.3. The number of ketones is 6. The second kappa shape index (κ2) is 38.4. The third-order valence-corrected chi connectivity index (χ3v) is 55.4. The van der Waals surface area contributed by atoms with Gasteiger partial charge in [-0.25, -0.2) is 0 Å². The van der Waals surface area contributed by atoms with E-state index >= 15 is 0 Å². The zero-order valence-corrected chi connectivity index (χ0v) is 95.4. The minimum Gasteiger partial charge on any atom is -0.393 e. The van der Waals surface area contributed by atoms with E-state index < -0.39 is 51.8 Å². The van der Waals surface area contributed by atoms with Gasteiger partial charge in [0.15, 0.2) is 0 Å². The summed E-state index contributed by atoms with van der Waals surface area (Å²) in [5, 5.41) is 63.1. The van der Waals surface area contributed by atoms with Gasteiger partial charge in [-0.3, -0.25) is 28.8 Å². The Morgan fingerprint density at radius 3 is 0.573 bits per heavy atom. The van der Waals surface area contributed by atoms with Crippen molar-refractivity contribution in [2.75, 3.05) is 0 Å². The molecule has 0 heterocycles. The van der Waals surface area contributed by atoms with E-state index in [0.717, 1.165) is 238 Å². The lowest BCUT2D eigenvalue weighted by atomic mass is 9.44. The molecule has 143 heavy (non-hydrogen) atoms. The van der Waals surface area contributed by atoms with Crippen molar-refractivity contribution in [2.45, 2.75) is 540 Å². The number of hydrogen-bond donors (Lipinski definition) is 6. The average Bonchev–Trinajstić information content (AvgIpc) is 1.57. The number of Topliss-reactive ketones (excluding diaryl/α,β-unsaturated/α-hetero) is 6. The van der Waals surface area contributed by atoms with Crippen molar-refractivity contribution in [1.82, 2.24) is 0 Å². The Hall–Kier alpha value is -2.22. The molecule has 810 valence electrons. The van der Waals surface area contributed by atoms with Crippen molar-refractivity contribution >= 4 is 34.7 Å². The molecular formula is C131H214O12. The first-order valence-electron chi connectivity index (χ1n) is 63.5. The Labute approximate surface area is 876 Å². The molecule has 12 nitrogen and oxygen atoms in total. The average molecular weight is 1990 g/mol. The van der Waals surface area contributed by atoms with Gasteiger partial charge in [0.2, 0.25) is 0 Å². The highest BCUT2D eigenvalue weighted by molar-refractivity contribution is 5.82. The van der Waals surface area contributed by atoms with E-state index in [2.05, 4.69) is 83.1 Å². The number of hydrogen-bond acceptors (Lipinski definition) is 12. The zero-order chi connectivity index (χ0) is 107. The monoisotopic (exact) mass is 1980 g/mol. The molecule has 0 aromatic heterocycles. The SMILES string of the molecule is CC(=O)[C@H]1CC[C@H]2[C@@H]3CC[C@H]4C[C@@](C)(O)CC[C@]4(C)[C@H]3CC[C@]12C.CC(=O)[C@H]1CC[C@H]2[C@@H]3CC[C@H]4C[C@](C)(O)CC[C@]4(C)[C@H]3CC[C@]12C.[2H][C@]1(C(C)=O)CC[C@H]2[C@@H]3CC[C@H]4C[C@@](C)(O)CC[C@]4(C)[C@H]3CC[C@@]21C.[2H][C@]1(C(C)=O)CC[C@H]2[C@@H]3CC[C@H]4C[C@](C)(O)CC[C@]4(C)[C@H]3CC[C@@]21C.[2H][C@]1(C(C)=O)CC[C@H]2[C@@H]3CC[C@H]4C[C@](C)(O)CC[C@]4(C)[C@H]3CC[C@@]21C.[2H][C@]1(O)CC[C@@]2(C)[C@@H](CC[C@@H]3[C@@H]2CC[C@]2(C)[C@@H](C(C)=O)CC[C@@H]32)C1. The molecule has 0 aliphatic heterocycles. The summed E-state index contributed by atoms with van der Waals surface area (Å²) in [6.45, 7) is 49.7. The second-order valence-corrected chi connectivity index (χ2v) is 62.2. The van der Waals surface area contributed by atoms with Crippen LogP contribution in [-0.2, 0) is 28.8 Å². The normalized spacial score (nSPS) is 59.2. The Morgan fingerprint density at radius 2 is 0.364 bits per heavy atom. The molecule has 24 aliphatic carbocycles. The fourth-order valence-corrected chi connectivity index (χ4v) is 47.4. The molecule has 24 aliphatic rings. The van der Waals surface area contributed by atoms with Crippen molar-refractivity contribution in [2.24, 2.45) is 242 Å². The van der Waals surface area contributed by atoms with Crippen LogP contribution in [0.15, 0.2) is 0 Å². The maximum Gasteiger partial charge on any atom is 0.133 e. The lowest BCUT2D eigenvalue weighted by molar-refractivity contribution is -0.150. The van der Waals surface area contributed by atoms with Gasteiger partial charge in [0, 0.05) is 39.5 Å². The number of fused-ring (bicyclic) bond motifs is 30. The third kappa shape index (κ3) is 18.4. The molecule has 0 saturated heterocycles. The van der Waals surface area contributed by atoms with Crippen molar-refractivity contribution in [3.05, 3.63) is 0 Å². The van der Waals surface area contributed by atoms with Crippen LogP contribution in [0.25, 0.3) is 0 Å². The van der Waals surface area contributed by atoms with Gasteiger partial charge in [-0.15, -0.1) is 0 Å². The summed E-state index contributed by atoms with van der Waals surface area (Å²) in [7, 11) is 0. The van der Waals surface area contributed by atoms with Gasteiger partial charge < -0.3 is 30.6 Å². The molecule has 24 rings (SSSR count). The molecule has 12 heteroatoms. The summed E-state index contributed by atoms with van der Waals surface area (Å²) in [5.41, 5.74) is 0.370. The Kier molecular flexibility index (Phi) is 27.9. The van der Waals surface area contributed by atoms with Crippen LogP contribution in [0.4, 0.5) is 0 Å². The molecule has 0 spiro atoms. The minimum atomic E-state index is -1.19. The predicted octanol–water partition coefficient (Wildman–Crippen LogP) is 29.5. The van der Waals surface area contributed by atoms with E-state index in [1.54, 1.807) is 27.7 Å². The summed E-state index contributed by atoms with van der Waals surface area (Å²) in [6, 6.07) is 0. The molecular weight excluding hydrogens is 1770 g/mol. The largest absolute Gasteiger partial charge is 0.393 e.